The number of anilines is 1. The van der Waals surface area contributed by atoms with Gasteiger partial charge in [-0.2, -0.15) is 10.4 Å². The van der Waals surface area contributed by atoms with Crippen LogP contribution in [0.2, 0.25) is 0 Å². The number of aliphatic hydroxyl groups excluding tert-OH is 1. The smallest absolute Gasteiger partial charge is 0.129 e. The first-order valence-electron chi connectivity index (χ1n) is 10.9. The zero-order valence-corrected chi connectivity index (χ0v) is 19.3. The second-order valence-electron chi connectivity index (χ2n) is 8.81. The van der Waals surface area contributed by atoms with Crippen LogP contribution in [0.5, 0.6) is 5.75 Å². The summed E-state index contributed by atoms with van der Waals surface area (Å²) in [4.78, 5) is 6.46. The molecule has 2 aromatic heterocycles. The van der Waals surface area contributed by atoms with Crippen LogP contribution in [-0.4, -0.2) is 57.6 Å². The predicted octanol–water partition coefficient (Wildman–Crippen LogP) is 2.90. The molecule has 1 saturated heterocycles. The minimum absolute atomic E-state index is 0.149. The lowest BCUT2D eigenvalue weighted by Gasteiger charge is -2.41. The van der Waals surface area contributed by atoms with Crippen LogP contribution in [-0.2, 0) is 0 Å². The number of methoxy groups -OCH3 is 1. The molecule has 3 N–H and O–H groups in total. The topological polar surface area (TPSA) is 113 Å². The first-order valence-corrected chi connectivity index (χ1v) is 10.9. The van der Waals surface area contributed by atoms with E-state index in [4.69, 9.17) is 15.6 Å². The number of likely N-dealkylation sites (tertiary alicyclic amines) is 1. The lowest BCUT2D eigenvalue weighted by molar-refractivity contribution is 0.0733. The van der Waals surface area contributed by atoms with Crippen molar-refractivity contribution in [2.75, 3.05) is 32.5 Å². The molecule has 8 heteroatoms. The number of nitrogen functional groups attached to an aromatic ring is 1. The second-order valence-corrected chi connectivity index (χ2v) is 8.81. The molecule has 1 unspecified atom stereocenters. The Kier molecular flexibility index (Phi) is 5.80. The minimum Gasteiger partial charge on any atom is -0.496 e. The van der Waals surface area contributed by atoms with Crippen molar-refractivity contribution in [2.45, 2.75) is 45.8 Å². The van der Waals surface area contributed by atoms with Crippen LogP contribution in [0.3, 0.4) is 0 Å². The Morgan fingerprint density at radius 3 is 2.66 bits per heavy atom. The van der Waals surface area contributed by atoms with Crippen molar-refractivity contribution in [3.05, 3.63) is 46.4 Å². The molecule has 1 aliphatic rings. The molecule has 8 nitrogen and oxygen atoms in total. The number of hydrogen-bond donors (Lipinski definition) is 2. The van der Waals surface area contributed by atoms with Crippen molar-refractivity contribution in [3.8, 4) is 11.8 Å². The average molecular weight is 435 g/mol. The minimum atomic E-state index is -0.376. The lowest BCUT2D eigenvalue weighted by Crippen LogP contribution is -2.48. The second kappa shape index (κ2) is 8.41. The normalized spacial score (nSPS) is 16.5. The third kappa shape index (κ3) is 3.57. The van der Waals surface area contributed by atoms with Gasteiger partial charge in [-0.05, 0) is 39.3 Å². The first-order chi connectivity index (χ1) is 15.3. The summed E-state index contributed by atoms with van der Waals surface area (Å²) >= 11 is 0. The molecule has 0 saturated carbocycles. The van der Waals surface area contributed by atoms with Gasteiger partial charge < -0.3 is 15.6 Å². The maximum atomic E-state index is 9.92. The Morgan fingerprint density at radius 2 is 2.03 bits per heavy atom. The number of ether oxygens (including phenoxy) is 1. The number of hydrogen-bond acceptors (Lipinski definition) is 7. The third-order valence-electron chi connectivity index (χ3n) is 6.38. The molecule has 0 bridgehead atoms. The van der Waals surface area contributed by atoms with E-state index >= 15 is 0 Å². The Balaban J connectivity index is 1.82. The Labute approximate surface area is 188 Å². The lowest BCUT2D eigenvalue weighted by atomic mass is 9.83. The fraction of sp³-hybridized carbons (Fsp3) is 0.458. The number of aliphatic hydroxyl groups is 1. The van der Waals surface area contributed by atoms with Gasteiger partial charge in [-0.1, -0.05) is 0 Å². The van der Waals surface area contributed by atoms with Gasteiger partial charge in [0.05, 0.1) is 60.2 Å². The predicted molar refractivity (Wildman–Crippen MR) is 124 cm³/mol. The van der Waals surface area contributed by atoms with E-state index in [9.17, 15) is 10.4 Å². The monoisotopic (exact) mass is 434 g/mol. The van der Waals surface area contributed by atoms with Gasteiger partial charge in [-0.3, -0.25) is 14.6 Å². The Hall–Kier alpha value is -3.15. The summed E-state index contributed by atoms with van der Waals surface area (Å²) in [7, 11) is 1.66. The summed E-state index contributed by atoms with van der Waals surface area (Å²) < 4.78 is 7.86. The zero-order chi connectivity index (χ0) is 23.2. The molecule has 0 spiro atoms. The molecule has 1 aliphatic heterocycles. The van der Waals surface area contributed by atoms with E-state index in [1.165, 1.54) is 0 Å². The number of fused-ring (bicyclic) bond motifs is 1. The van der Waals surface area contributed by atoms with Crippen molar-refractivity contribution in [3.63, 3.8) is 0 Å². The van der Waals surface area contributed by atoms with Gasteiger partial charge in [0.15, 0.2) is 0 Å². The number of β-amino-alcohol motifs (C(OH)–C–C–N with tert-alkyl or cyclic N) is 1. The number of nitrogens with zero attached hydrogens (tertiary/aromatic N) is 5. The summed E-state index contributed by atoms with van der Waals surface area (Å²) in [5, 5.41) is 25.3. The first kappa shape index (κ1) is 22.1. The van der Waals surface area contributed by atoms with Gasteiger partial charge >= 0.3 is 0 Å². The summed E-state index contributed by atoms with van der Waals surface area (Å²) in [6.45, 7) is 9.98. The fourth-order valence-electron chi connectivity index (χ4n) is 4.93. The van der Waals surface area contributed by atoms with E-state index in [0.29, 0.717) is 17.8 Å². The Morgan fingerprint density at radius 1 is 1.31 bits per heavy atom. The zero-order valence-electron chi connectivity index (χ0n) is 19.3. The number of nitrogens with two attached hydrogens (primary N) is 1. The molecule has 0 radical (unpaired) electrons. The highest BCUT2D eigenvalue weighted by atomic mass is 16.5. The van der Waals surface area contributed by atoms with Crippen LogP contribution in [0.4, 0.5) is 5.69 Å². The highest BCUT2D eigenvalue weighted by Gasteiger charge is 2.35. The quantitative estimate of drug-likeness (QED) is 0.613. The molecule has 0 amide bonds. The average Bonchev–Trinajstić information content (AvgIpc) is 3.06. The molecule has 3 aromatic rings. The molecule has 32 heavy (non-hydrogen) atoms. The maximum absolute atomic E-state index is 9.92. The Bertz CT molecular complexity index is 1200. The molecule has 1 fully saturated rings. The number of aromatic nitrogens is 3. The number of rotatable bonds is 6. The van der Waals surface area contributed by atoms with Gasteiger partial charge in [0.2, 0.25) is 0 Å². The van der Waals surface area contributed by atoms with E-state index in [2.05, 4.69) is 22.9 Å². The molecule has 3 heterocycles. The molecule has 168 valence electrons. The molecule has 4 rings (SSSR count). The SMILES string of the molecule is COc1c(C(C)n2nc(C)c3c(N)cncc32)cc(C)c(C#N)c1C1CN(C[C@H](C)O)C1. The van der Waals surface area contributed by atoms with Crippen LogP contribution >= 0.6 is 0 Å². The maximum Gasteiger partial charge on any atom is 0.129 e. The summed E-state index contributed by atoms with van der Waals surface area (Å²) in [5.74, 6) is 0.914. The van der Waals surface area contributed by atoms with Crippen LogP contribution in [0.1, 0.15) is 53.8 Å². The highest BCUT2D eigenvalue weighted by Crippen LogP contribution is 2.43. The van der Waals surface area contributed by atoms with Crippen molar-refractivity contribution in [1.29, 1.82) is 5.26 Å². The number of nitriles is 1. The fourth-order valence-corrected chi connectivity index (χ4v) is 4.93. The summed E-state index contributed by atoms with van der Waals surface area (Å²) in [5.41, 5.74) is 12.0. The number of pyridine rings is 1. The largest absolute Gasteiger partial charge is 0.496 e. The van der Waals surface area contributed by atoms with Crippen LogP contribution in [0.25, 0.3) is 10.9 Å². The van der Waals surface area contributed by atoms with Gasteiger partial charge in [-0.15, -0.1) is 0 Å². The standard InChI is InChI=1S/C24H30N6O2/c1-13-6-18(16(4)30-21-9-27-8-20(26)22(21)15(3)28-30)24(32-5)23(19(13)7-25)17-11-29(12-17)10-14(2)31/h6,8-9,14,16-17,31H,10-12,26H2,1-5H3/t14-,16?/m0/s1. The van der Waals surface area contributed by atoms with Gasteiger partial charge in [0.25, 0.3) is 0 Å². The summed E-state index contributed by atoms with van der Waals surface area (Å²) in [6.07, 6.45) is 3.05. The molecular formula is C24H30N6O2. The van der Waals surface area contributed by atoms with E-state index in [0.717, 1.165) is 52.1 Å². The molecule has 0 aliphatic carbocycles. The van der Waals surface area contributed by atoms with E-state index in [-0.39, 0.29) is 18.1 Å². The van der Waals surface area contributed by atoms with E-state index in [1.807, 2.05) is 24.6 Å². The van der Waals surface area contributed by atoms with Crippen LogP contribution < -0.4 is 10.5 Å². The van der Waals surface area contributed by atoms with Crippen molar-refractivity contribution in [1.82, 2.24) is 19.7 Å². The number of benzene rings is 1. The van der Waals surface area contributed by atoms with Gasteiger partial charge in [-0.25, -0.2) is 0 Å². The van der Waals surface area contributed by atoms with Crippen LogP contribution in [0, 0.1) is 25.2 Å². The highest BCUT2D eigenvalue weighted by molar-refractivity contribution is 5.92. The van der Waals surface area contributed by atoms with Gasteiger partial charge in [0.1, 0.15) is 5.75 Å². The van der Waals surface area contributed by atoms with Crippen molar-refractivity contribution >= 4 is 16.6 Å². The van der Waals surface area contributed by atoms with Gasteiger partial charge in [0, 0.05) is 42.1 Å². The van der Waals surface area contributed by atoms with E-state index in [1.54, 1.807) is 26.4 Å². The number of aryl methyl sites for hydroxylation is 2. The van der Waals surface area contributed by atoms with Crippen LogP contribution in [0.15, 0.2) is 18.5 Å². The molecule has 2 atom stereocenters. The van der Waals surface area contributed by atoms with Crippen molar-refractivity contribution in [2.24, 2.45) is 0 Å². The summed E-state index contributed by atoms with van der Waals surface area (Å²) in [6, 6.07) is 4.27. The molecular weight excluding hydrogens is 404 g/mol. The van der Waals surface area contributed by atoms with Crippen molar-refractivity contribution < 1.29 is 9.84 Å². The molecule has 1 aromatic carbocycles. The third-order valence-corrected chi connectivity index (χ3v) is 6.38. The van der Waals surface area contributed by atoms with E-state index < -0.39 is 0 Å².